The molecule has 1 spiro atoms. The Balaban J connectivity index is 1.32. The molecular formula is C19H27N5O. The van der Waals surface area contributed by atoms with Crippen molar-refractivity contribution < 1.29 is 4.79 Å². The number of hydrogen-bond donors (Lipinski definition) is 1. The van der Waals surface area contributed by atoms with Crippen LogP contribution in [0.25, 0.3) is 10.9 Å². The Morgan fingerprint density at radius 1 is 1.20 bits per heavy atom. The van der Waals surface area contributed by atoms with Crippen molar-refractivity contribution in [3.63, 3.8) is 0 Å². The molecular weight excluding hydrogens is 314 g/mol. The number of nitrogens with one attached hydrogen (secondary N) is 1. The first kappa shape index (κ1) is 16.4. The van der Waals surface area contributed by atoms with Crippen molar-refractivity contribution in [3.05, 3.63) is 30.0 Å². The summed E-state index contributed by atoms with van der Waals surface area (Å²) in [5.41, 5.74) is 2.52. The number of amides is 2. The maximum atomic E-state index is 12.5. The summed E-state index contributed by atoms with van der Waals surface area (Å²) in [6, 6.07) is 8.31. The van der Waals surface area contributed by atoms with Crippen LogP contribution in [0.1, 0.15) is 18.5 Å². The summed E-state index contributed by atoms with van der Waals surface area (Å²) in [6.07, 6.45) is 3.11. The number of fused-ring (bicyclic) bond motifs is 1. The molecule has 134 valence electrons. The number of aromatic nitrogens is 2. The van der Waals surface area contributed by atoms with E-state index >= 15 is 0 Å². The van der Waals surface area contributed by atoms with Crippen LogP contribution in [0.3, 0.4) is 0 Å². The molecule has 2 aliphatic rings. The maximum Gasteiger partial charge on any atom is 0.317 e. The lowest BCUT2D eigenvalue weighted by Gasteiger charge is -2.23. The van der Waals surface area contributed by atoms with Crippen LogP contribution in [-0.2, 0) is 13.5 Å². The van der Waals surface area contributed by atoms with Gasteiger partial charge in [-0.3, -0.25) is 4.68 Å². The second kappa shape index (κ2) is 6.33. The Morgan fingerprint density at radius 2 is 2.00 bits per heavy atom. The monoisotopic (exact) mass is 341 g/mol. The molecule has 0 bridgehead atoms. The number of likely N-dealkylation sites (tertiary alicyclic amines) is 2. The lowest BCUT2D eigenvalue weighted by atomic mass is 9.86. The molecule has 2 fully saturated rings. The molecule has 1 aromatic heterocycles. The molecule has 6 heteroatoms. The molecule has 2 aliphatic heterocycles. The Bertz CT molecular complexity index is 785. The van der Waals surface area contributed by atoms with Crippen molar-refractivity contribution >= 4 is 16.9 Å². The van der Waals surface area contributed by atoms with Crippen LogP contribution in [0.15, 0.2) is 24.3 Å². The van der Waals surface area contributed by atoms with Gasteiger partial charge in [0.15, 0.2) is 0 Å². The topological polar surface area (TPSA) is 53.4 Å². The first-order valence-electron chi connectivity index (χ1n) is 9.18. The molecule has 3 heterocycles. The number of hydrogen-bond acceptors (Lipinski definition) is 3. The van der Waals surface area contributed by atoms with Crippen LogP contribution < -0.4 is 5.32 Å². The van der Waals surface area contributed by atoms with Gasteiger partial charge in [0.05, 0.1) is 11.2 Å². The van der Waals surface area contributed by atoms with Gasteiger partial charge in [0, 0.05) is 50.4 Å². The third-order valence-electron chi connectivity index (χ3n) is 5.83. The molecule has 4 rings (SSSR count). The molecule has 1 unspecified atom stereocenters. The standard InChI is InChI=1S/C19H27N5O/c1-22-11-8-19(13-22)9-12-24(14-19)18(25)20-10-7-16-15-5-3-4-6-17(15)23(2)21-16/h3-6H,7-14H2,1-2H3,(H,20,25). The van der Waals surface area contributed by atoms with Gasteiger partial charge < -0.3 is 15.1 Å². The summed E-state index contributed by atoms with van der Waals surface area (Å²) < 4.78 is 1.91. The van der Waals surface area contributed by atoms with Crippen molar-refractivity contribution in [3.8, 4) is 0 Å². The number of urea groups is 1. The summed E-state index contributed by atoms with van der Waals surface area (Å²) in [5.74, 6) is 0. The fraction of sp³-hybridized carbons (Fsp3) is 0.579. The van der Waals surface area contributed by atoms with Crippen LogP contribution in [-0.4, -0.2) is 65.4 Å². The van der Waals surface area contributed by atoms with Gasteiger partial charge in [-0.2, -0.15) is 5.10 Å². The van der Waals surface area contributed by atoms with Gasteiger partial charge in [0.2, 0.25) is 0 Å². The molecule has 0 aliphatic carbocycles. The third kappa shape index (κ3) is 3.11. The first-order chi connectivity index (χ1) is 12.1. The minimum atomic E-state index is 0.0756. The Labute approximate surface area is 148 Å². The third-order valence-corrected chi connectivity index (χ3v) is 5.83. The molecule has 1 N–H and O–H groups in total. The van der Waals surface area contributed by atoms with Crippen LogP contribution >= 0.6 is 0 Å². The second-order valence-corrected chi connectivity index (χ2v) is 7.73. The van der Waals surface area contributed by atoms with E-state index in [1.807, 2.05) is 28.8 Å². The number of aryl methyl sites for hydroxylation is 1. The van der Waals surface area contributed by atoms with Crippen LogP contribution in [0.4, 0.5) is 4.79 Å². The van der Waals surface area contributed by atoms with Gasteiger partial charge >= 0.3 is 6.03 Å². The average molecular weight is 341 g/mol. The fourth-order valence-electron chi connectivity index (χ4n) is 4.47. The summed E-state index contributed by atoms with van der Waals surface area (Å²) in [5, 5.41) is 8.86. The molecule has 2 aromatic rings. The molecule has 1 atom stereocenters. The van der Waals surface area contributed by atoms with E-state index in [0.717, 1.165) is 50.2 Å². The first-order valence-corrected chi connectivity index (χ1v) is 9.18. The van der Waals surface area contributed by atoms with Crippen molar-refractivity contribution in [2.75, 3.05) is 39.8 Å². The largest absolute Gasteiger partial charge is 0.338 e. The molecule has 6 nitrogen and oxygen atoms in total. The van der Waals surface area contributed by atoms with E-state index < -0.39 is 0 Å². The van der Waals surface area contributed by atoms with Crippen molar-refractivity contribution in [2.45, 2.75) is 19.3 Å². The van der Waals surface area contributed by atoms with Gasteiger partial charge in [-0.05, 0) is 32.5 Å². The van der Waals surface area contributed by atoms with E-state index in [1.54, 1.807) is 0 Å². The normalized spacial score (nSPS) is 23.8. The quantitative estimate of drug-likeness (QED) is 0.927. The zero-order valence-electron chi connectivity index (χ0n) is 15.2. The molecule has 0 radical (unpaired) electrons. The van der Waals surface area contributed by atoms with E-state index in [-0.39, 0.29) is 6.03 Å². The number of carbonyl (C=O) groups is 1. The Kier molecular flexibility index (Phi) is 4.15. The molecule has 1 aromatic carbocycles. The van der Waals surface area contributed by atoms with Gasteiger partial charge in [-0.15, -0.1) is 0 Å². The van der Waals surface area contributed by atoms with Crippen molar-refractivity contribution in [1.82, 2.24) is 24.9 Å². The van der Waals surface area contributed by atoms with Crippen molar-refractivity contribution in [2.24, 2.45) is 12.5 Å². The van der Waals surface area contributed by atoms with Crippen LogP contribution in [0.5, 0.6) is 0 Å². The number of nitrogens with zero attached hydrogens (tertiary/aromatic N) is 4. The van der Waals surface area contributed by atoms with Gasteiger partial charge in [-0.1, -0.05) is 18.2 Å². The predicted octanol–water partition coefficient (Wildman–Crippen LogP) is 1.85. The molecule has 2 saturated heterocycles. The number of benzene rings is 1. The zero-order valence-corrected chi connectivity index (χ0v) is 15.2. The summed E-state index contributed by atoms with van der Waals surface area (Å²) in [6.45, 7) is 4.68. The van der Waals surface area contributed by atoms with E-state index in [1.165, 1.54) is 11.8 Å². The van der Waals surface area contributed by atoms with Crippen LogP contribution in [0.2, 0.25) is 0 Å². The minimum absolute atomic E-state index is 0.0756. The molecule has 0 saturated carbocycles. The highest BCUT2D eigenvalue weighted by Crippen LogP contribution is 2.38. The van der Waals surface area contributed by atoms with E-state index in [9.17, 15) is 4.79 Å². The average Bonchev–Trinajstić information content (AvgIpc) is 3.28. The zero-order chi connectivity index (χ0) is 17.4. The van der Waals surface area contributed by atoms with Gasteiger partial charge in [0.25, 0.3) is 0 Å². The lowest BCUT2D eigenvalue weighted by molar-refractivity contribution is 0.200. The van der Waals surface area contributed by atoms with E-state index in [2.05, 4.69) is 34.5 Å². The number of para-hydroxylation sites is 1. The summed E-state index contributed by atoms with van der Waals surface area (Å²) >= 11 is 0. The molecule has 25 heavy (non-hydrogen) atoms. The van der Waals surface area contributed by atoms with Crippen molar-refractivity contribution in [1.29, 1.82) is 0 Å². The molecule has 2 amide bonds. The summed E-state index contributed by atoms with van der Waals surface area (Å²) in [7, 11) is 4.14. The predicted molar refractivity (Wildman–Crippen MR) is 98.6 cm³/mol. The maximum absolute atomic E-state index is 12.5. The number of rotatable bonds is 3. The second-order valence-electron chi connectivity index (χ2n) is 7.73. The fourth-order valence-corrected chi connectivity index (χ4v) is 4.47. The summed E-state index contributed by atoms with van der Waals surface area (Å²) in [4.78, 5) is 16.9. The SMILES string of the molecule is CN1CCC2(CCN(C(=O)NCCc3nn(C)c4ccccc34)C2)C1. The highest BCUT2D eigenvalue weighted by molar-refractivity contribution is 5.82. The van der Waals surface area contributed by atoms with Gasteiger partial charge in [0.1, 0.15) is 0 Å². The Morgan fingerprint density at radius 3 is 2.80 bits per heavy atom. The van der Waals surface area contributed by atoms with E-state index in [0.29, 0.717) is 12.0 Å². The van der Waals surface area contributed by atoms with E-state index in [4.69, 9.17) is 0 Å². The minimum Gasteiger partial charge on any atom is -0.338 e. The van der Waals surface area contributed by atoms with Crippen LogP contribution in [0, 0.1) is 5.41 Å². The smallest absolute Gasteiger partial charge is 0.317 e. The highest BCUT2D eigenvalue weighted by Gasteiger charge is 2.43. The van der Waals surface area contributed by atoms with Gasteiger partial charge in [-0.25, -0.2) is 4.79 Å². The lowest BCUT2D eigenvalue weighted by Crippen LogP contribution is -2.41. The Hall–Kier alpha value is -2.08. The highest BCUT2D eigenvalue weighted by atomic mass is 16.2. The number of carbonyl (C=O) groups excluding carboxylic acids is 1.